The highest BCUT2D eigenvalue weighted by molar-refractivity contribution is 5.73. The monoisotopic (exact) mass is 334 g/mol. The van der Waals surface area contributed by atoms with E-state index in [9.17, 15) is 4.79 Å². The second-order valence-electron chi connectivity index (χ2n) is 6.91. The standard InChI is InChI=1S/C19H30N2O3/c1-13-11-20(4)14(2)9-17(13)21(15(3)22)12-16-7-8-18(23-5)19(10-16)24-6/h7-8,10,13-14,17H,9,11-12H2,1-6H3. The summed E-state index contributed by atoms with van der Waals surface area (Å²) in [6, 6.07) is 6.60. The van der Waals surface area contributed by atoms with Crippen LogP contribution in [0, 0.1) is 5.92 Å². The first-order chi connectivity index (χ1) is 11.4. The predicted molar refractivity (Wildman–Crippen MR) is 95.4 cm³/mol. The SMILES string of the molecule is COc1ccc(CN(C(C)=O)C2CC(C)N(C)CC2C)cc1OC. The molecule has 1 aliphatic heterocycles. The third-order valence-corrected chi connectivity index (χ3v) is 5.17. The number of carbonyl (C=O) groups excluding carboxylic acids is 1. The van der Waals surface area contributed by atoms with Crippen molar-refractivity contribution in [3.63, 3.8) is 0 Å². The number of methoxy groups -OCH3 is 2. The minimum Gasteiger partial charge on any atom is -0.493 e. The topological polar surface area (TPSA) is 42.0 Å². The Kier molecular flexibility index (Phi) is 6.10. The molecule has 24 heavy (non-hydrogen) atoms. The molecule has 1 amide bonds. The van der Waals surface area contributed by atoms with Crippen LogP contribution in [0.5, 0.6) is 11.5 Å². The van der Waals surface area contributed by atoms with Gasteiger partial charge in [0, 0.05) is 32.1 Å². The number of likely N-dealkylation sites (tertiary alicyclic amines) is 1. The second kappa shape index (κ2) is 7.88. The zero-order valence-electron chi connectivity index (χ0n) is 15.7. The summed E-state index contributed by atoms with van der Waals surface area (Å²) >= 11 is 0. The van der Waals surface area contributed by atoms with Gasteiger partial charge in [0.25, 0.3) is 0 Å². The van der Waals surface area contributed by atoms with E-state index in [4.69, 9.17) is 9.47 Å². The molecule has 0 saturated carbocycles. The normalized spacial score (nSPS) is 24.5. The minimum atomic E-state index is 0.124. The van der Waals surface area contributed by atoms with E-state index in [0.29, 0.717) is 30.0 Å². The number of hydrogen-bond donors (Lipinski definition) is 0. The van der Waals surface area contributed by atoms with Gasteiger partial charge in [-0.3, -0.25) is 4.79 Å². The molecule has 0 aromatic heterocycles. The van der Waals surface area contributed by atoms with Crippen molar-refractivity contribution < 1.29 is 14.3 Å². The molecule has 0 radical (unpaired) electrons. The third-order valence-electron chi connectivity index (χ3n) is 5.17. The van der Waals surface area contributed by atoms with Gasteiger partial charge in [-0.25, -0.2) is 0 Å². The van der Waals surface area contributed by atoms with Crippen LogP contribution in [-0.2, 0) is 11.3 Å². The molecule has 0 N–H and O–H groups in total. The molecule has 1 heterocycles. The molecular formula is C19H30N2O3. The first-order valence-electron chi connectivity index (χ1n) is 8.55. The maximum absolute atomic E-state index is 12.3. The molecular weight excluding hydrogens is 304 g/mol. The van der Waals surface area contributed by atoms with Gasteiger partial charge in [-0.05, 0) is 44.0 Å². The van der Waals surface area contributed by atoms with E-state index in [1.165, 1.54) is 0 Å². The molecule has 1 aromatic carbocycles. The number of rotatable bonds is 5. The van der Waals surface area contributed by atoms with Crippen molar-refractivity contribution in [1.82, 2.24) is 9.80 Å². The Balaban J connectivity index is 2.21. The average molecular weight is 334 g/mol. The highest BCUT2D eigenvalue weighted by Gasteiger charge is 2.34. The number of hydrogen-bond acceptors (Lipinski definition) is 4. The van der Waals surface area contributed by atoms with E-state index in [2.05, 4.69) is 25.8 Å². The Morgan fingerprint density at radius 3 is 2.50 bits per heavy atom. The summed E-state index contributed by atoms with van der Waals surface area (Å²) in [5.74, 6) is 1.98. The van der Waals surface area contributed by atoms with Crippen molar-refractivity contribution >= 4 is 5.91 Å². The van der Waals surface area contributed by atoms with Gasteiger partial charge in [-0.1, -0.05) is 13.0 Å². The highest BCUT2D eigenvalue weighted by Crippen LogP contribution is 2.30. The van der Waals surface area contributed by atoms with Gasteiger partial charge in [-0.15, -0.1) is 0 Å². The summed E-state index contributed by atoms with van der Waals surface area (Å²) in [7, 11) is 5.41. The van der Waals surface area contributed by atoms with Crippen molar-refractivity contribution in [3.8, 4) is 11.5 Å². The van der Waals surface area contributed by atoms with Crippen LogP contribution in [0.3, 0.4) is 0 Å². The molecule has 3 unspecified atom stereocenters. The fourth-order valence-electron chi connectivity index (χ4n) is 3.59. The zero-order valence-corrected chi connectivity index (χ0v) is 15.7. The van der Waals surface area contributed by atoms with E-state index in [0.717, 1.165) is 18.5 Å². The lowest BCUT2D eigenvalue weighted by molar-refractivity contribution is -0.134. The van der Waals surface area contributed by atoms with Crippen molar-refractivity contribution in [2.75, 3.05) is 27.8 Å². The lowest BCUT2D eigenvalue weighted by Crippen LogP contribution is -2.53. The summed E-state index contributed by atoms with van der Waals surface area (Å²) in [5, 5.41) is 0. The van der Waals surface area contributed by atoms with E-state index in [-0.39, 0.29) is 11.9 Å². The second-order valence-corrected chi connectivity index (χ2v) is 6.91. The van der Waals surface area contributed by atoms with Gasteiger partial charge in [0.1, 0.15) is 0 Å². The Morgan fingerprint density at radius 1 is 1.25 bits per heavy atom. The van der Waals surface area contributed by atoms with E-state index < -0.39 is 0 Å². The molecule has 5 heteroatoms. The highest BCUT2D eigenvalue weighted by atomic mass is 16.5. The van der Waals surface area contributed by atoms with Crippen LogP contribution >= 0.6 is 0 Å². The van der Waals surface area contributed by atoms with Gasteiger partial charge < -0.3 is 19.3 Å². The summed E-state index contributed by atoms with van der Waals surface area (Å²) < 4.78 is 10.7. The van der Waals surface area contributed by atoms with Gasteiger partial charge >= 0.3 is 0 Å². The van der Waals surface area contributed by atoms with Gasteiger partial charge in [0.15, 0.2) is 11.5 Å². The first kappa shape index (κ1) is 18.6. The minimum absolute atomic E-state index is 0.124. The zero-order chi connectivity index (χ0) is 17.9. The first-order valence-corrected chi connectivity index (χ1v) is 8.55. The molecule has 1 aromatic rings. The molecule has 1 aliphatic rings. The lowest BCUT2D eigenvalue weighted by Gasteiger charge is -2.44. The molecule has 1 fully saturated rings. The summed E-state index contributed by atoms with van der Waals surface area (Å²) in [6.45, 7) is 7.74. The van der Waals surface area contributed by atoms with Gasteiger partial charge in [-0.2, -0.15) is 0 Å². The Morgan fingerprint density at radius 2 is 1.92 bits per heavy atom. The van der Waals surface area contributed by atoms with Crippen LogP contribution < -0.4 is 9.47 Å². The average Bonchev–Trinajstić information content (AvgIpc) is 2.55. The summed E-state index contributed by atoms with van der Waals surface area (Å²) in [5.41, 5.74) is 1.06. The Labute approximate surface area is 145 Å². The van der Waals surface area contributed by atoms with Crippen molar-refractivity contribution in [2.24, 2.45) is 5.92 Å². The third kappa shape index (κ3) is 4.01. The van der Waals surface area contributed by atoms with Crippen molar-refractivity contribution in [3.05, 3.63) is 23.8 Å². The maximum atomic E-state index is 12.3. The predicted octanol–water partition coefficient (Wildman–Crippen LogP) is 2.78. The number of amides is 1. The number of carbonyl (C=O) groups is 1. The van der Waals surface area contributed by atoms with Crippen LogP contribution in [0.2, 0.25) is 0 Å². The molecule has 0 bridgehead atoms. The van der Waals surface area contributed by atoms with Crippen LogP contribution in [0.25, 0.3) is 0 Å². The smallest absolute Gasteiger partial charge is 0.220 e. The molecule has 134 valence electrons. The summed E-state index contributed by atoms with van der Waals surface area (Å²) in [4.78, 5) is 16.7. The van der Waals surface area contributed by atoms with Gasteiger partial charge in [0.2, 0.25) is 5.91 Å². The Hall–Kier alpha value is -1.75. The van der Waals surface area contributed by atoms with Crippen LogP contribution in [-0.4, -0.2) is 55.6 Å². The van der Waals surface area contributed by atoms with Crippen molar-refractivity contribution in [2.45, 2.75) is 45.8 Å². The molecule has 1 saturated heterocycles. The maximum Gasteiger partial charge on any atom is 0.220 e. The molecule has 2 rings (SSSR count). The quantitative estimate of drug-likeness (QED) is 0.830. The number of nitrogens with zero attached hydrogens (tertiary/aromatic N) is 2. The molecule has 0 aliphatic carbocycles. The van der Waals surface area contributed by atoms with Crippen LogP contribution in [0.1, 0.15) is 32.8 Å². The van der Waals surface area contributed by atoms with E-state index in [1.54, 1.807) is 21.1 Å². The van der Waals surface area contributed by atoms with Gasteiger partial charge in [0.05, 0.1) is 14.2 Å². The number of ether oxygens (including phenoxy) is 2. The molecule has 3 atom stereocenters. The van der Waals surface area contributed by atoms with Crippen molar-refractivity contribution in [1.29, 1.82) is 0 Å². The molecule has 5 nitrogen and oxygen atoms in total. The number of piperidine rings is 1. The Bertz CT molecular complexity index is 576. The lowest BCUT2D eigenvalue weighted by atomic mass is 9.88. The van der Waals surface area contributed by atoms with E-state index in [1.807, 2.05) is 23.1 Å². The van der Waals surface area contributed by atoms with Crippen LogP contribution in [0.4, 0.5) is 0 Å². The largest absolute Gasteiger partial charge is 0.493 e. The fraction of sp³-hybridized carbons (Fsp3) is 0.632. The van der Waals surface area contributed by atoms with E-state index >= 15 is 0 Å². The fourth-order valence-corrected chi connectivity index (χ4v) is 3.59. The number of benzene rings is 1. The molecule has 0 spiro atoms. The van der Waals surface area contributed by atoms with Crippen LogP contribution in [0.15, 0.2) is 18.2 Å². The summed E-state index contributed by atoms with van der Waals surface area (Å²) in [6.07, 6.45) is 1.00.